The van der Waals surface area contributed by atoms with Crippen LogP contribution in [0.2, 0.25) is 0 Å². The number of para-hydroxylation sites is 1. The highest BCUT2D eigenvalue weighted by molar-refractivity contribution is 6.11. The number of amides is 1. The summed E-state index contributed by atoms with van der Waals surface area (Å²) < 4.78 is 0. The average molecular weight is 263 g/mol. The summed E-state index contributed by atoms with van der Waals surface area (Å²) in [5.41, 5.74) is 5.63. The summed E-state index contributed by atoms with van der Waals surface area (Å²) in [5.74, 6) is 0.228. The second-order valence-corrected chi connectivity index (χ2v) is 5.90. The SMILES string of the molecule is Cc1cccc2c1C1(CC2)C(=O)N(C)c2ccccc21. The van der Waals surface area contributed by atoms with Crippen molar-refractivity contribution in [2.75, 3.05) is 11.9 Å². The lowest BCUT2D eigenvalue weighted by molar-refractivity contribution is -0.121. The van der Waals surface area contributed by atoms with E-state index in [1.807, 2.05) is 24.1 Å². The first kappa shape index (κ1) is 11.7. The van der Waals surface area contributed by atoms with Gasteiger partial charge in [-0.25, -0.2) is 0 Å². The first-order valence-electron chi connectivity index (χ1n) is 7.13. The van der Waals surface area contributed by atoms with Gasteiger partial charge in [-0.1, -0.05) is 36.4 Å². The molecule has 1 amide bonds. The molecule has 0 aromatic heterocycles. The number of benzene rings is 2. The minimum absolute atomic E-state index is 0.228. The van der Waals surface area contributed by atoms with Crippen LogP contribution in [-0.2, 0) is 16.6 Å². The summed E-state index contributed by atoms with van der Waals surface area (Å²) in [6, 6.07) is 14.6. The highest BCUT2D eigenvalue weighted by Crippen LogP contribution is 2.53. The molecular weight excluding hydrogens is 246 g/mol. The molecule has 0 radical (unpaired) electrons. The first-order chi connectivity index (χ1) is 9.66. The molecule has 0 bridgehead atoms. The second kappa shape index (κ2) is 3.72. The van der Waals surface area contributed by atoms with Crippen LogP contribution in [0, 0.1) is 6.92 Å². The van der Waals surface area contributed by atoms with Crippen molar-refractivity contribution in [3.8, 4) is 0 Å². The maximum absolute atomic E-state index is 13.0. The molecule has 2 heteroatoms. The number of hydrogen-bond acceptors (Lipinski definition) is 1. The summed E-state index contributed by atoms with van der Waals surface area (Å²) in [4.78, 5) is 14.9. The van der Waals surface area contributed by atoms with Gasteiger partial charge in [-0.2, -0.15) is 0 Å². The quantitative estimate of drug-likeness (QED) is 0.714. The van der Waals surface area contributed by atoms with Gasteiger partial charge in [0, 0.05) is 12.7 Å². The van der Waals surface area contributed by atoms with E-state index >= 15 is 0 Å². The maximum Gasteiger partial charge on any atom is 0.241 e. The van der Waals surface area contributed by atoms with Gasteiger partial charge in [0.05, 0.1) is 0 Å². The van der Waals surface area contributed by atoms with Crippen LogP contribution in [0.1, 0.15) is 28.7 Å². The fourth-order valence-corrected chi connectivity index (χ4v) is 4.12. The zero-order valence-electron chi connectivity index (χ0n) is 11.8. The fraction of sp³-hybridized carbons (Fsp3) is 0.278. The third-order valence-corrected chi connectivity index (χ3v) is 4.95. The molecule has 1 aliphatic carbocycles. The van der Waals surface area contributed by atoms with Crippen LogP contribution in [0.25, 0.3) is 0 Å². The van der Waals surface area contributed by atoms with Gasteiger partial charge in [0.1, 0.15) is 5.41 Å². The van der Waals surface area contributed by atoms with Crippen molar-refractivity contribution in [1.82, 2.24) is 0 Å². The lowest BCUT2D eigenvalue weighted by atomic mass is 9.75. The van der Waals surface area contributed by atoms with E-state index in [-0.39, 0.29) is 5.91 Å². The summed E-state index contributed by atoms with van der Waals surface area (Å²) in [5, 5.41) is 0. The highest BCUT2D eigenvalue weighted by Gasteiger charge is 2.54. The number of anilines is 1. The number of carbonyl (C=O) groups is 1. The van der Waals surface area contributed by atoms with Crippen molar-refractivity contribution >= 4 is 11.6 Å². The van der Waals surface area contributed by atoms with Crippen LogP contribution in [0.5, 0.6) is 0 Å². The van der Waals surface area contributed by atoms with Crippen molar-refractivity contribution in [2.45, 2.75) is 25.2 Å². The van der Waals surface area contributed by atoms with Gasteiger partial charge < -0.3 is 4.90 Å². The standard InChI is InChI=1S/C18H17NO/c1-12-6-5-7-13-10-11-18(16(12)13)14-8-3-4-9-15(14)19(2)17(18)20/h3-9H,10-11H2,1-2H3. The Balaban J connectivity index is 2.08. The minimum Gasteiger partial charge on any atom is -0.314 e. The molecule has 4 rings (SSSR count). The molecule has 1 spiro atoms. The van der Waals surface area contributed by atoms with Gasteiger partial charge >= 0.3 is 0 Å². The van der Waals surface area contributed by atoms with Gasteiger partial charge in [0.25, 0.3) is 0 Å². The Labute approximate surface area is 119 Å². The summed E-state index contributed by atoms with van der Waals surface area (Å²) >= 11 is 0. The largest absolute Gasteiger partial charge is 0.314 e. The van der Waals surface area contributed by atoms with Crippen LogP contribution < -0.4 is 4.90 Å². The number of hydrogen-bond donors (Lipinski definition) is 0. The van der Waals surface area contributed by atoms with E-state index < -0.39 is 5.41 Å². The van der Waals surface area contributed by atoms with E-state index in [9.17, 15) is 4.79 Å². The minimum atomic E-state index is -0.438. The predicted molar refractivity (Wildman–Crippen MR) is 80.1 cm³/mol. The van der Waals surface area contributed by atoms with Crippen molar-refractivity contribution in [1.29, 1.82) is 0 Å². The Morgan fingerprint density at radius 1 is 1.10 bits per heavy atom. The van der Waals surface area contributed by atoms with E-state index in [0.29, 0.717) is 0 Å². The summed E-state index contributed by atoms with van der Waals surface area (Å²) in [6.45, 7) is 2.13. The van der Waals surface area contributed by atoms with E-state index in [0.717, 1.165) is 18.5 Å². The number of aryl methyl sites for hydroxylation is 2. The fourth-order valence-electron chi connectivity index (χ4n) is 4.12. The number of fused-ring (bicyclic) bond motifs is 4. The molecule has 2 aromatic rings. The molecule has 1 unspecified atom stereocenters. The molecule has 1 heterocycles. The van der Waals surface area contributed by atoms with Gasteiger partial charge in [-0.15, -0.1) is 0 Å². The maximum atomic E-state index is 13.0. The smallest absolute Gasteiger partial charge is 0.241 e. The molecule has 100 valence electrons. The van der Waals surface area contributed by atoms with Gasteiger partial charge in [0.2, 0.25) is 5.91 Å². The number of rotatable bonds is 0. The second-order valence-electron chi connectivity index (χ2n) is 5.90. The van der Waals surface area contributed by atoms with Crippen LogP contribution >= 0.6 is 0 Å². The lowest BCUT2D eigenvalue weighted by Gasteiger charge is -2.25. The molecular formula is C18H17NO. The Morgan fingerprint density at radius 3 is 2.75 bits per heavy atom. The summed E-state index contributed by atoms with van der Waals surface area (Å²) in [6.07, 6.45) is 1.89. The molecule has 2 aliphatic rings. The van der Waals surface area contributed by atoms with Crippen molar-refractivity contribution in [2.24, 2.45) is 0 Å². The van der Waals surface area contributed by atoms with Gasteiger partial charge in [-0.05, 0) is 48.1 Å². The number of likely N-dealkylation sites (N-methyl/N-ethyl adjacent to an activating group) is 1. The van der Waals surface area contributed by atoms with E-state index in [1.165, 1.54) is 22.3 Å². The Bertz CT molecular complexity index is 734. The third kappa shape index (κ3) is 1.17. The lowest BCUT2D eigenvalue weighted by Crippen LogP contribution is -2.38. The molecule has 20 heavy (non-hydrogen) atoms. The third-order valence-electron chi connectivity index (χ3n) is 4.95. The van der Waals surface area contributed by atoms with Gasteiger partial charge in [-0.3, -0.25) is 4.79 Å². The van der Waals surface area contributed by atoms with Crippen LogP contribution in [0.3, 0.4) is 0 Å². The van der Waals surface area contributed by atoms with Gasteiger partial charge in [0.15, 0.2) is 0 Å². The van der Waals surface area contributed by atoms with Crippen LogP contribution in [-0.4, -0.2) is 13.0 Å². The molecule has 0 fully saturated rings. The normalized spacial score (nSPS) is 23.3. The molecule has 2 nitrogen and oxygen atoms in total. The van der Waals surface area contributed by atoms with E-state index in [4.69, 9.17) is 0 Å². The van der Waals surface area contributed by atoms with E-state index in [1.54, 1.807) is 0 Å². The van der Waals surface area contributed by atoms with Crippen LogP contribution in [0.15, 0.2) is 42.5 Å². The first-order valence-corrected chi connectivity index (χ1v) is 7.13. The zero-order chi connectivity index (χ0) is 13.9. The monoisotopic (exact) mass is 263 g/mol. The zero-order valence-corrected chi connectivity index (χ0v) is 11.8. The molecule has 0 N–H and O–H groups in total. The molecule has 1 atom stereocenters. The highest BCUT2D eigenvalue weighted by atomic mass is 16.2. The summed E-state index contributed by atoms with van der Waals surface area (Å²) in [7, 11) is 1.90. The average Bonchev–Trinajstić information content (AvgIpc) is 2.96. The van der Waals surface area contributed by atoms with E-state index in [2.05, 4.69) is 37.3 Å². The molecule has 0 saturated carbocycles. The Hall–Kier alpha value is -2.09. The van der Waals surface area contributed by atoms with Crippen molar-refractivity contribution in [3.05, 3.63) is 64.7 Å². The number of nitrogens with zero attached hydrogens (tertiary/aromatic N) is 1. The van der Waals surface area contributed by atoms with Crippen LogP contribution in [0.4, 0.5) is 5.69 Å². The Morgan fingerprint density at radius 2 is 1.90 bits per heavy atom. The Kier molecular flexibility index (Phi) is 2.18. The molecule has 2 aromatic carbocycles. The predicted octanol–water partition coefficient (Wildman–Crippen LogP) is 3.20. The molecule has 0 saturated heterocycles. The number of carbonyl (C=O) groups excluding carboxylic acids is 1. The van der Waals surface area contributed by atoms with Crippen molar-refractivity contribution in [3.63, 3.8) is 0 Å². The van der Waals surface area contributed by atoms with Crippen molar-refractivity contribution < 1.29 is 4.79 Å². The topological polar surface area (TPSA) is 20.3 Å². The molecule has 1 aliphatic heterocycles.